The Bertz CT molecular complexity index is 525. The second-order valence-corrected chi connectivity index (χ2v) is 5.90. The van der Waals surface area contributed by atoms with Crippen LogP contribution in [0.15, 0.2) is 22.8 Å². The first-order valence-electron chi connectivity index (χ1n) is 8.17. The molecule has 2 saturated heterocycles. The molecule has 0 aliphatic carbocycles. The fraction of sp³-hybridized carbons (Fsp3) is 0.625. The SMILES string of the molecule is O=C(CC1CNCCO1)N1CCCN(C(=O)c2ccco2)CC1. The molecule has 1 N–H and O–H groups in total. The highest BCUT2D eigenvalue weighted by molar-refractivity contribution is 5.91. The molecule has 23 heavy (non-hydrogen) atoms. The van der Waals surface area contributed by atoms with Crippen molar-refractivity contribution in [3.8, 4) is 0 Å². The van der Waals surface area contributed by atoms with Crippen LogP contribution in [0.5, 0.6) is 0 Å². The molecule has 3 rings (SSSR count). The summed E-state index contributed by atoms with van der Waals surface area (Å²) in [5.74, 6) is 0.349. The molecule has 0 spiro atoms. The van der Waals surface area contributed by atoms with E-state index in [9.17, 15) is 9.59 Å². The van der Waals surface area contributed by atoms with Gasteiger partial charge in [0.15, 0.2) is 5.76 Å². The van der Waals surface area contributed by atoms with Gasteiger partial charge in [0.05, 0.1) is 25.4 Å². The average Bonchev–Trinajstić information content (AvgIpc) is 2.99. The van der Waals surface area contributed by atoms with E-state index < -0.39 is 0 Å². The molecule has 1 unspecified atom stereocenters. The third-order valence-corrected chi connectivity index (χ3v) is 4.27. The van der Waals surface area contributed by atoms with Gasteiger partial charge in [-0.1, -0.05) is 0 Å². The Hall–Kier alpha value is -1.86. The maximum absolute atomic E-state index is 12.4. The highest BCUT2D eigenvalue weighted by Gasteiger charge is 2.26. The van der Waals surface area contributed by atoms with Crippen LogP contribution in [-0.2, 0) is 9.53 Å². The van der Waals surface area contributed by atoms with Crippen molar-refractivity contribution in [2.24, 2.45) is 0 Å². The lowest BCUT2D eigenvalue weighted by atomic mass is 10.2. The molecule has 3 heterocycles. The van der Waals surface area contributed by atoms with Crippen molar-refractivity contribution in [1.82, 2.24) is 15.1 Å². The topological polar surface area (TPSA) is 75.0 Å². The van der Waals surface area contributed by atoms with Gasteiger partial charge in [0, 0.05) is 39.3 Å². The predicted octanol–water partition coefficient (Wildman–Crippen LogP) is 0.333. The first-order valence-corrected chi connectivity index (χ1v) is 8.17. The summed E-state index contributed by atoms with van der Waals surface area (Å²) < 4.78 is 10.8. The smallest absolute Gasteiger partial charge is 0.289 e. The standard InChI is InChI=1S/C16H23N3O4/c20-15(11-13-12-17-4-10-22-13)18-5-2-6-19(8-7-18)16(21)14-3-1-9-23-14/h1,3,9,13,17H,2,4-8,10-12H2. The highest BCUT2D eigenvalue weighted by Crippen LogP contribution is 2.12. The third-order valence-electron chi connectivity index (χ3n) is 4.27. The largest absolute Gasteiger partial charge is 0.459 e. The third kappa shape index (κ3) is 4.11. The van der Waals surface area contributed by atoms with Crippen LogP contribution in [0.1, 0.15) is 23.4 Å². The van der Waals surface area contributed by atoms with E-state index in [1.807, 2.05) is 4.90 Å². The van der Waals surface area contributed by atoms with E-state index in [1.165, 1.54) is 6.26 Å². The molecule has 7 nitrogen and oxygen atoms in total. The molecule has 1 atom stereocenters. The van der Waals surface area contributed by atoms with E-state index in [4.69, 9.17) is 9.15 Å². The molecule has 2 fully saturated rings. The van der Waals surface area contributed by atoms with E-state index in [0.29, 0.717) is 45.0 Å². The second-order valence-electron chi connectivity index (χ2n) is 5.90. The minimum Gasteiger partial charge on any atom is -0.459 e. The van der Waals surface area contributed by atoms with E-state index in [2.05, 4.69) is 5.32 Å². The van der Waals surface area contributed by atoms with E-state index >= 15 is 0 Å². The first-order chi connectivity index (χ1) is 11.2. The van der Waals surface area contributed by atoms with Crippen molar-refractivity contribution in [3.05, 3.63) is 24.2 Å². The average molecular weight is 321 g/mol. The molecule has 7 heteroatoms. The fourth-order valence-corrected chi connectivity index (χ4v) is 3.00. The monoisotopic (exact) mass is 321 g/mol. The van der Waals surface area contributed by atoms with Gasteiger partial charge < -0.3 is 24.3 Å². The van der Waals surface area contributed by atoms with Gasteiger partial charge in [0.1, 0.15) is 0 Å². The summed E-state index contributed by atoms with van der Waals surface area (Å²) >= 11 is 0. The Balaban J connectivity index is 1.51. The zero-order chi connectivity index (χ0) is 16.1. The van der Waals surface area contributed by atoms with E-state index in [1.54, 1.807) is 17.0 Å². The molecule has 0 aromatic carbocycles. The Labute approximate surface area is 135 Å². The lowest BCUT2D eigenvalue weighted by molar-refractivity contribution is -0.134. The Morgan fingerprint density at radius 2 is 2.04 bits per heavy atom. The lowest BCUT2D eigenvalue weighted by Crippen LogP contribution is -2.43. The van der Waals surface area contributed by atoms with Gasteiger partial charge >= 0.3 is 0 Å². The molecule has 126 valence electrons. The highest BCUT2D eigenvalue weighted by atomic mass is 16.5. The predicted molar refractivity (Wildman–Crippen MR) is 83.0 cm³/mol. The maximum Gasteiger partial charge on any atom is 0.289 e. The van der Waals surface area contributed by atoms with Crippen LogP contribution in [0.3, 0.4) is 0 Å². The van der Waals surface area contributed by atoms with Crippen molar-refractivity contribution in [3.63, 3.8) is 0 Å². The molecule has 0 bridgehead atoms. The van der Waals surface area contributed by atoms with Crippen LogP contribution in [-0.4, -0.2) is 73.6 Å². The number of carbonyl (C=O) groups is 2. The van der Waals surface area contributed by atoms with Gasteiger partial charge in [-0.2, -0.15) is 0 Å². The van der Waals surface area contributed by atoms with Gasteiger partial charge in [-0.3, -0.25) is 9.59 Å². The molecule has 1 aromatic heterocycles. The number of amides is 2. The molecule has 2 aliphatic rings. The number of nitrogens with one attached hydrogen (secondary N) is 1. The summed E-state index contributed by atoms with van der Waals surface area (Å²) in [6, 6.07) is 3.38. The minimum atomic E-state index is -0.107. The Kier molecular flexibility index (Phi) is 5.30. The number of ether oxygens (including phenoxy) is 1. The number of morpholine rings is 1. The van der Waals surface area contributed by atoms with Crippen molar-refractivity contribution >= 4 is 11.8 Å². The zero-order valence-corrected chi connectivity index (χ0v) is 13.2. The van der Waals surface area contributed by atoms with Crippen LogP contribution in [0.4, 0.5) is 0 Å². The van der Waals surface area contributed by atoms with Gasteiger partial charge in [0.25, 0.3) is 5.91 Å². The van der Waals surface area contributed by atoms with Gasteiger partial charge in [0.2, 0.25) is 5.91 Å². The summed E-state index contributed by atoms with van der Waals surface area (Å²) in [5.41, 5.74) is 0. The number of hydrogen-bond donors (Lipinski definition) is 1. The molecule has 2 amide bonds. The fourth-order valence-electron chi connectivity index (χ4n) is 3.00. The van der Waals surface area contributed by atoms with Gasteiger partial charge in [-0.05, 0) is 18.6 Å². The number of hydrogen-bond acceptors (Lipinski definition) is 5. The van der Waals surface area contributed by atoms with Crippen molar-refractivity contribution in [1.29, 1.82) is 0 Å². The van der Waals surface area contributed by atoms with Crippen LogP contribution in [0.2, 0.25) is 0 Å². The van der Waals surface area contributed by atoms with Crippen molar-refractivity contribution < 1.29 is 18.7 Å². The second kappa shape index (κ2) is 7.61. The first kappa shape index (κ1) is 16.0. The van der Waals surface area contributed by atoms with Crippen LogP contribution in [0, 0.1) is 0 Å². The number of nitrogens with zero attached hydrogens (tertiary/aromatic N) is 2. The zero-order valence-electron chi connectivity index (χ0n) is 13.2. The number of carbonyl (C=O) groups excluding carboxylic acids is 2. The van der Waals surface area contributed by atoms with Gasteiger partial charge in [-0.15, -0.1) is 0 Å². The molecular formula is C16H23N3O4. The Morgan fingerprint density at radius 1 is 1.22 bits per heavy atom. The van der Waals surface area contributed by atoms with E-state index in [0.717, 1.165) is 19.5 Å². The van der Waals surface area contributed by atoms with Gasteiger partial charge in [-0.25, -0.2) is 0 Å². The summed E-state index contributed by atoms with van der Waals surface area (Å²) in [6.07, 6.45) is 2.64. The number of furan rings is 1. The summed E-state index contributed by atoms with van der Waals surface area (Å²) in [6.45, 7) is 4.65. The Morgan fingerprint density at radius 3 is 2.78 bits per heavy atom. The minimum absolute atomic E-state index is 0.0413. The van der Waals surface area contributed by atoms with Crippen molar-refractivity contribution in [2.75, 3.05) is 45.9 Å². The molecule has 1 aromatic rings. The number of rotatable bonds is 3. The maximum atomic E-state index is 12.4. The van der Waals surface area contributed by atoms with E-state index in [-0.39, 0.29) is 17.9 Å². The van der Waals surface area contributed by atoms with Crippen LogP contribution < -0.4 is 5.32 Å². The normalized spacial score (nSPS) is 22.7. The summed E-state index contributed by atoms with van der Waals surface area (Å²) in [5, 5.41) is 3.23. The molecular weight excluding hydrogens is 298 g/mol. The van der Waals surface area contributed by atoms with Crippen LogP contribution in [0.25, 0.3) is 0 Å². The molecule has 0 radical (unpaired) electrons. The van der Waals surface area contributed by atoms with Crippen LogP contribution >= 0.6 is 0 Å². The summed E-state index contributed by atoms with van der Waals surface area (Å²) in [7, 11) is 0. The lowest BCUT2D eigenvalue weighted by Gasteiger charge is -2.27. The van der Waals surface area contributed by atoms with Crippen molar-refractivity contribution in [2.45, 2.75) is 18.9 Å². The quantitative estimate of drug-likeness (QED) is 0.868. The molecule has 0 saturated carbocycles. The molecule has 2 aliphatic heterocycles. The summed E-state index contributed by atoms with van der Waals surface area (Å²) in [4.78, 5) is 28.3.